The number of phenolic OH excluding ortho intramolecular Hbond substituents is 1. The van der Waals surface area contributed by atoms with Crippen LogP contribution in [0.15, 0.2) is 77.0 Å². The predicted octanol–water partition coefficient (Wildman–Crippen LogP) is 4.05. The van der Waals surface area contributed by atoms with Crippen molar-refractivity contribution in [2.45, 2.75) is 11.7 Å². The Kier molecular flexibility index (Phi) is 7.34. The fraction of sp³-hybridized carbons (Fsp3) is 0.160. The zero-order chi connectivity index (χ0) is 23.9. The highest BCUT2D eigenvalue weighted by Gasteiger charge is 2.14. The summed E-state index contributed by atoms with van der Waals surface area (Å²) in [6, 6.07) is 21.2. The first-order chi connectivity index (χ1) is 16.6. The molecule has 2 N–H and O–H groups in total. The van der Waals surface area contributed by atoms with Crippen LogP contribution in [0.3, 0.4) is 0 Å². The summed E-state index contributed by atoms with van der Waals surface area (Å²) in [6.45, 7) is 0.661. The second-order valence-electron chi connectivity index (χ2n) is 7.31. The van der Waals surface area contributed by atoms with Gasteiger partial charge in [-0.15, -0.1) is 0 Å². The zero-order valence-electron chi connectivity index (χ0n) is 18.8. The molecule has 9 heteroatoms. The molecule has 0 saturated heterocycles. The molecule has 0 fully saturated rings. The third kappa shape index (κ3) is 5.32. The van der Waals surface area contributed by atoms with Gasteiger partial charge in [0.15, 0.2) is 16.7 Å². The van der Waals surface area contributed by atoms with E-state index in [-0.39, 0.29) is 28.9 Å². The lowest BCUT2D eigenvalue weighted by Gasteiger charge is -2.09. The lowest BCUT2D eigenvalue weighted by atomic mass is 10.2. The molecule has 0 aliphatic heterocycles. The largest absolute Gasteiger partial charge is 0.502 e. The summed E-state index contributed by atoms with van der Waals surface area (Å²) >= 11 is 1.35. The molecule has 0 spiro atoms. The van der Waals surface area contributed by atoms with Crippen LogP contribution < -0.4 is 14.9 Å². The van der Waals surface area contributed by atoms with Crippen molar-refractivity contribution >= 4 is 34.9 Å². The van der Waals surface area contributed by atoms with Crippen molar-refractivity contribution in [2.24, 2.45) is 5.10 Å². The third-order valence-corrected chi connectivity index (χ3v) is 6.02. The smallest absolute Gasteiger partial charge is 0.250 e. The Balaban J connectivity index is 1.43. The normalized spacial score (nSPS) is 11.1. The van der Waals surface area contributed by atoms with E-state index < -0.39 is 0 Å². The first-order valence-electron chi connectivity index (χ1n) is 10.5. The van der Waals surface area contributed by atoms with E-state index >= 15 is 0 Å². The molecule has 0 unspecified atom stereocenters. The standard InChI is InChI=1S/C25H24N4O4S/c1-32-21-12-18(13-22(33-2)24(21)31)14-26-28-23(30)16-34-25-27-19-10-6-7-11-20(19)29(25)15-17-8-4-3-5-9-17/h3-14,31H,15-16H2,1-2H3,(H,28,30)/b26-14+. The second kappa shape index (κ2) is 10.8. The van der Waals surface area contributed by atoms with Crippen LogP contribution in [-0.2, 0) is 11.3 Å². The maximum absolute atomic E-state index is 12.4. The molecular weight excluding hydrogens is 452 g/mol. The number of nitrogens with one attached hydrogen (secondary N) is 1. The van der Waals surface area contributed by atoms with Crippen LogP contribution in [0.4, 0.5) is 0 Å². The van der Waals surface area contributed by atoms with E-state index in [9.17, 15) is 9.90 Å². The summed E-state index contributed by atoms with van der Waals surface area (Å²) in [4.78, 5) is 17.1. The van der Waals surface area contributed by atoms with Gasteiger partial charge in [-0.05, 0) is 29.8 Å². The van der Waals surface area contributed by atoms with E-state index in [0.717, 1.165) is 21.8 Å². The quantitative estimate of drug-likeness (QED) is 0.215. The number of hydrazone groups is 1. The summed E-state index contributed by atoms with van der Waals surface area (Å²) in [7, 11) is 2.89. The van der Waals surface area contributed by atoms with E-state index in [1.54, 1.807) is 12.1 Å². The number of phenols is 1. The molecule has 8 nitrogen and oxygen atoms in total. The van der Waals surface area contributed by atoms with Gasteiger partial charge in [-0.1, -0.05) is 54.2 Å². The first-order valence-corrected chi connectivity index (χ1v) is 11.5. The Bertz CT molecular complexity index is 1300. The van der Waals surface area contributed by atoms with E-state index in [1.165, 1.54) is 32.2 Å². The van der Waals surface area contributed by atoms with Crippen LogP contribution in [0.5, 0.6) is 17.2 Å². The molecule has 0 atom stereocenters. The minimum Gasteiger partial charge on any atom is -0.502 e. The fourth-order valence-electron chi connectivity index (χ4n) is 3.41. The summed E-state index contributed by atoms with van der Waals surface area (Å²) < 4.78 is 12.4. The number of amides is 1. The molecule has 4 rings (SSSR count). The number of rotatable bonds is 9. The lowest BCUT2D eigenvalue weighted by Crippen LogP contribution is -2.20. The fourth-order valence-corrected chi connectivity index (χ4v) is 4.22. The van der Waals surface area contributed by atoms with Gasteiger partial charge in [0.25, 0.3) is 5.91 Å². The summed E-state index contributed by atoms with van der Waals surface area (Å²) in [5.74, 6) is 0.288. The highest BCUT2D eigenvalue weighted by atomic mass is 32.2. The number of ether oxygens (including phenoxy) is 2. The van der Waals surface area contributed by atoms with Crippen LogP contribution in [-0.4, -0.2) is 46.8 Å². The van der Waals surface area contributed by atoms with Gasteiger partial charge in [0.05, 0.1) is 43.8 Å². The zero-order valence-corrected chi connectivity index (χ0v) is 19.6. The SMILES string of the molecule is COc1cc(/C=N/NC(=O)CSc2nc3ccccc3n2Cc2ccccc2)cc(OC)c1O. The van der Waals surface area contributed by atoms with Crippen LogP contribution >= 0.6 is 11.8 Å². The molecule has 0 radical (unpaired) electrons. The number of aromatic hydroxyl groups is 1. The Labute approximate surface area is 201 Å². The molecule has 4 aromatic rings. The van der Waals surface area contributed by atoms with Gasteiger partial charge in [-0.25, -0.2) is 10.4 Å². The number of imidazole rings is 1. The van der Waals surface area contributed by atoms with E-state index in [2.05, 4.69) is 27.2 Å². The molecular formula is C25H24N4O4S. The van der Waals surface area contributed by atoms with Crippen LogP contribution in [0, 0.1) is 0 Å². The number of hydrogen-bond donors (Lipinski definition) is 2. The number of aromatic nitrogens is 2. The van der Waals surface area contributed by atoms with Gasteiger partial charge >= 0.3 is 0 Å². The molecule has 0 saturated carbocycles. The van der Waals surface area contributed by atoms with Gasteiger partial charge in [-0.3, -0.25) is 4.79 Å². The van der Waals surface area contributed by atoms with Crippen molar-refractivity contribution in [3.05, 3.63) is 77.9 Å². The molecule has 1 amide bonds. The topological polar surface area (TPSA) is 98.0 Å². The minimum atomic E-state index is -0.266. The lowest BCUT2D eigenvalue weighted by molar-refractivity contribution is -0.118. The highest BCUT2D eigenvalue weighted by Crippen LogP contribution is 2.36. The number of carbonyl (C=O) groups is 1. The van der Waals surface area contributed by atoms with Crippen molar-refractivity contribution in [3.8, 4) is 17.2 Å². The number of para-hydroxylation sites is 2. The van der Waals surface area contributed by atoms with Gasteiger partial charge in [0.1, 0.15) is 0 Å². The molecule has 3 aromatic carbocycles. The van der Waals surface area contributed by atoms with Crippen LogP contribution in [0.2, 0.25) is 0 Å². The van der Waals surface area contributed by atoms with Gasteiger partial charge in [0, 0.05) is 5.56 Å². The number of hydrogen-bond acceptors (Lipinski definition) is 7. The van der Waals surface area contributed by atoms with Crippen LogP contribution in [0.1, 0.15) is 11.1 Å². The van der Waals surface area contributed by atoms with Crippen LogP contribution in [0.25, 0.3) is 11.0 Å². The second-order valence-corrected chi connectivity index (χ2v) is 8.25. The summed E-state index contributed by atoms with van der Waals surface area (Å²) in [6.07, 6.45) is 1.46. The number of carbonyl (C=O) groups excluding carboxylic acids is 1. The molecule has 1 aromatic heterocycles. The molecule has 0 bridgehead atoms. The third-order valence-electron chi connectivity index (χ3n) is 5.04. The number of thioether (sulfide) groups is 1. The van der Waals surface area contributed by atoms with Crippen molar-refractivity contribution in [1.82, 2.24) is 15.0 Å². The number of nitrogens with zero attached hydrogens (tertiary/aromatic N) is 3. The average Bonchev–Trinajstić information content (AvgIpc) is 3.21. The Morgan fingerprint density at radius 1 is 1.09 bits per heavy atom. The summed E-state index contributed by atoms with van der Waals surface area (Å²) in [5, 5.41) is 14.8. The minimum absolute atomic E-state index is 0.0963. The molecule has 0 aliphatic carbocycles. The van der Waals surface area contributed by atoms with E-state index in [0.29, 0.717) is 12.1 Å². The maximum Gasteiger partial charge on any atom is 0.250 e. The Hall–Kier alpha value is -3.98. The average molecular weight is 477 g/mol. The number of fused-ring (bicyclic) bond motifs is 1. The van der Waals surface area contributed by atoms with E-state index in [4.69, 9.17) is 14.5 Å². The van der Waals surface area contributed by atoms with Crippen molar-refractivity contribution in [3.63, 3.8) is 0 Å². The monoisotopic (exact) mass is 476 g/mol. The number of benzene rings is 3. The predicted molar refractivity (Wildman–Crippen MR) is 133 cm³/mol. The highest BCUT2D eigenvalue weighted by molar-refractivity contribution is 7.99. The van der Waals surface area contributed by atoms with Gasteiger partial charge < -0.3 is 19.1 Å². The van der Waals surface area contributed by atoms with E-state index in [1.807, 2.05) is 42.5 Å². The molecule has 174 valence electrons. The molecule has 1 heterocycles. The maximum atomic E-state index is 12.4. The van der Waals surface area contributed by atoms with Crippen molar-refractivity contribution in [2.75, 3.05) is 20.0 Å². The Morgan fingerprint density at radius 2 is 1.76 bits per heavy atom. The van der Waals surface area contributed by atoms with Gasteiger partial charge in [0.2, 0.25) is 5.75 Å². The molecule has 0 aliphatic rings. The Morgan fingerprint density at radius 3 is 2.47 bits per heavy atom. The molecule has 34 heavy (non-hydrogen) atoms. The van der Waals surface area contributed by atoms with Gasteiger partial charge in [-0.2, -0.15) is 5.10 Å². The van der Waals surface area contributed by atoms with Crippen molar-refractivity contribution < 1.29 is 19.4 Å². The number of methoxy groups -OCH3 is 2. The van der Waals surface area contributed by atoms with Crippen molar-refractivity contribution in [1.29, 1.82) is 0 Å². The first kappa shape index (κ1) is 23.2. The summed E-state index contributed by atoms with van der Waals surface area (Å²) in [5.41, 5.74) is 6.18.